The maximum absolute atomic E-state index is 13.7. The quantitative estimate of drug-likeness (QED) is 0.747. The Balaban J connectivity index is 2.29. The number of nitriles is 1. The zero-order chi connectivity index (χ0) is 15.6. The minimum absolute atomic E-state index is 0.116. The van der Waals surface area contributed by atoms with E-state index in [1.165, 1.54) is 4.90 Å². The molecule has 21 heavy (non-hydrogen) atoms. The number of carbonyl (C=O) groups excluding carboxylic acids is 1. The van der Waals surface area contributed by atoms with E-state index in [4.69, 9.17) is 5.26 Å². The van der Waals surface area contributed by atoms with E-state index in [1.807, 2.05) is 6.07 Å². The Kier molecular flexibility index (Phi) is 4.16. The molecule has 1 unspecified atom stereocenters. The highest BCUT2D eigenvalue weighted by Crippen LogP contribution is 2.31. The molecule has 1 amide bonds. The summed E-state index contributed by atoms with van der Waals surface area (Å²) in [5.41, 5.74) is -1.68. The zero-order valence-corrected chi connectivity index (χ0v) is 11.0. The molecule has 2 rings (SSSR count). The summed E-state index contributed by atoms with van der Waals surface area (Å²) in [6.07, 6.45) is -3.43. The number of nitrogens with zero attached hydrogens (tertiary/aromatic N) is 2. The van der Waals surface area contributed by atoms with Crippen LogP contribution in [0, 0.1) is 23.1 Å². The van der Waals surface area contributed by atoms with Gasteiger partial charge < -0.3 is 4.90 Å². The van der Waals surface area contributed by atoms with E-state index in [0.29, 0.717) is 37.6 Å². The average molecular weight is 300 g/mol. The van der Waals surface area contributed by atoms with Crippen molar-refractivity contribution in [1.82, 2.24) is 4.90 Å². The van der Waals surface area contributed by atoms with Crippen LogP contribution in [0.5, 0.6) is 0 Å². The van der Waals surface area contributed by atoms with Crippen LogP contribution in [0.4, 0.5) is 17.6 Å². The molecule has 1 aliphatic heterocycles. The fourth-order valence-electron chi connectivity index (χ4n) is 2.30. The molecule has 0 bridgehead atoms. The summed E-state index contributed by atoms with van der Waals surface area (Å²) in [5.74, 6) is -2.16. The first-order chi connectivity index (χ1) is 9.82. The van der Waals surface area contributed by atoms with Gasteiger partial charge in [0, 0.05) is 13.1 Å². The molecular weight excluding hydrogens is 288 g/mol. The third-order valence-corrected chi connectivity index (χ3v) is 3.42. The third-order valence-electron chi connectivity index (χ3n) is 3.42. The van der Waals surface area contributed by atoms with Crippen molar-refractivity contribution in [3.05, 3.63) is 35.1 Å². The molecular formula is C14H12F4N2O. The Bertz CT molecular complexity index is 592. The number of halogens is 4. The van der Waals surface area contributed by atoms with Crippen molar-refractivity contribution < 1.29 is 22.4 Å². The number of carbonyl (C=O) groups is 1. The maximum Gasteiger partial charge on any atom is 0.416 e. The van der Waals surface area contributed by atoms with Gasteiger partial charge in [-0.05, 0) is 31.0 Å². The van der Waals surface area contributed by atoms with E-state index in [1.54, 1.807) is 0 Å². The molecule has 1 saturated heterocycles. The number of benzene rings is 1. The van der Waals surface area contributed by atoms with Gasteiger partial charge >= 0.3 is 6.18 Å². The third kappa shape index (κ3) is 3.32. The highest BCUT2D eigenvalue weighted by molar-refractivity contribution is 5.94. The lowest BCUT2D eigenvalue weighted by atomic mass is 9.98. The minimum atomic E-state index is -4.64. The molecule has 7 heteroatoms. The van der Waals surface area contributed by atoms with Gasteiger partial charge in [0.2, 0.25) is 0 Å². The van der Waals surface area contributed by atoms with Crippen LogP contribution in [0.1, 0.15) is 28.8 Å². The van der Waals surface area contributed by atoms with Crippen molar-refractivity contribution in [3.63, 3.8) is 0 Å². The number of piperidine rings is 1. The number of hydrogen-bond acceptors (Lipinski definition) is 2. The van der Waals surface area contributed by atoms with E-state index in [2.05, 4.69) is 0 Å². The van der Waals surface area contributed by atoms with Gasteiger partial charge in [-0.15, -0.1) is 0 Å². The predicted molar refractivity (Wildman–Crippen MR) is 65.6 cm³/mol. The first kappa shape index (κ1) is 15.3. The van der Waals surface area contributed by atoms with Crippen molar-refractivity contribution >= 4 is 5.91 Å². The molecule has 1 fully saturated rings. The van der Waals surface area contributed by atoms with E-state index in [0.717, 1.165) is 0 Å². The molecule has 1 aromatic carbocycles. The topological polar surface area (TPSA) is 44.1 Å². The second kappa shape index (κ2) is 5.72. The summed E-state index contributed by atoms with van der Waals surface area (Å²) in [6.45, 7) is 0.428. The van der Waals surface area contributed by atoms with Crippen molar-refractivity contribution in [3.8, 4) is 6.07 Å². The van der Waals surface area contributed by atoms with E-state index >= 15 is 0 Å². The average Bonchev–Trinajstić information content (AvgIpc) is 2.46. The number of alkyl halides is 3. The molecule has 0 aliphatic carbocycles. The minimum Gasteiger partial charge on any atom is -0.337 e. The van der Waals surface area contributed by atoms with Gasteiger partial charge in [0.25, 0.3) is 5.91 Å². The van der Waals surface area contributed by atoms with E-state index in [-0.39, 0.29) is 12.5 Å². The Hall–Kier alpha value is -2.10. The Labute approximate surface area is 118 Å². The molecule has 112 valence electrons. The van der Waals surface area contributed by atoms with Gasteiger partial charge in [-0.3, -0.25) is 4.79 Å². The number of hydrogen-bond donors (Lipinski definition) is 0. The lowest BCUT2D eigenvalue weighted by Gasteiger charge is -2.29. The maximum atomic E-state index is 13.7. The zero-order valence-electron chi connectivity index (χ0n) is 11.0. The normalized spacial score (nSPS) is 19.2. The Morgan fingerprint density at radius 1 is 1.38 bits per heavy atom. The van der Waals surface area contributed by atoms with Crippen molar-refractivity contribution in [2.75, 3.05) is 13.1 Å². The molecule has 3 nitrogen and oxygen atoms in total. The molecule has 0 spiro atoms. The fraction of sp³-hybridized carbons (Fsp3) is 0.429. The van der Waals surface area contributed by atoms with Crippen LogP contribution in [0.2, 0.25) is 0 Å². The van der Waals surface area contributed by atoms with Gasteiger partial charge in [0.1, 0.15) is 5.82 Å². The van der Waals surface area contributed by atoms with Crippen LogP contribution in [0.25, 0.3) is 0 Å². The number of amides is 1. The summed E-state index contributed by atoms with van der Waals surface area (Å²) >= 11 is 0. The molecule has 1 heterocycles. The van der Waals surface area contributed by atoms with Gasteiger partial charge in [0.05, 0.1) is 23.1 Å². The molecule has 1 aliphatic rings. The van der Waals surface area contributed by atoms with Gasteiger partial charge in [0.15, 0.2) is 0 Å². The monoisotopic (exact) mass is 300 g/mol. The molecule has 1 aromatic rings. The summed E-state index contributed by atoms with van der Waals surface area (Å²) in [4.78, 5) is 13.4. The van der Waals surface area contributed by atoms with E-state index < -0.39 is 29.0 Å². The first-order valence-electron chi connectivity index (χ1n) is 6.38. The van der Waals surface area contributed by atoms with Gasteiger partial charge in [-0.25, -0.2) is 4.39 Å². The number of likely N-dealkylation sites (tertiary alicyclic amines) is 1. The van der Waals surface area contributed by atoms with Crippen molar-refractivity contribution in [2.24, 2.45) is 5.92 Å². The number of rotatable bonds is 1. The van der Waals surface area contributed by atoms with Crippen LogP contribution in [-0.2, 0) is 6.18 Å². The highest BCUT2D eigenvalue weighted by Gasteiger charge is 2.33. The summed E-state index contributed by atoms with van der Waals surface area (Å²) in [6, 6.07) is 3.78. The summed E-state index contributed by atoms with van der Waals surface area (Å²) < 4.78 is 51.6. The lowest BCUT2D eigenvalue weighted by Crippen LogP contribution is -2.40. The van der Waals surface area contributed by atoms with Crippen LogP contribution in [0.3, 0.4) is 0 Å². The Morgan fingerprint density at radius 2 is 2.10 bits per heavy atom. The van der Waals surface area contributed by atoms with E-state index in [9.17, 15) is 22.4 Å². The molecule has 0 saturated carbocycles. The van der Waals surface area contributed by atoms with Gasteiger partial charge in [-0.1, -0.05) is 0 Å². The standard InChI is InChI=1S/C14H12F4N2O/c15-12-4-3-10(14(16,17)18)6-11(12)13(21)20-5-1-2-9(7-19)8-20/h3-4,6,9H,1-2,5,8H2. The first-order valence-corrected chi connectivity index (χ1v) is 6.38. The summed E-state index contributed by atoms with van der Waals surface area (Å²) in [7, 11) is 0. The van der Waals surface area contributed by atoms with Crippen LogP contribution >= 0.6 is 0 Å². The molecule has 0 radical (unpaired) electrons. The second-order valence-electron chi connectivity index (χ2n) is 4.91. The fourth-order valence-corrected chi connectivity index (χ4v) is 2.30. The predicted octanol–water partition coefficient (Wildman–Crippen LogP) is 3.22. The smallest absolute Gasteiger partial charge is 0.337 e. The van der Waals surface area contributed by atoms with Crippen molar-refractivity contribution in [2.45, 2.75) is 19.0 Å². The second-order valence-corrected chi connectivity index (χ2v) is 4.91. The lowest BCUT2D eigenvalue weighted by molar-refractivity contribution is -0.137. The largest absolute Gasteiger partial charge is 0.416 e. The highest BCUT2D eigenvalue weighted by atomic mass is 19.4. The van der Waals surface area contributed by atoms with Crippen LogP contribution < -0.4 is 0 Å². The van der Waals surface area contributed by atoms with Crippen LogP contribution in [0.15, 0.2) is 18.2 Å². The molecule has 0 aromatic heterocycles. The molecule has 0 N–H and O–H groups in total. The van der Waals surface area contributed by atoms with Crippen molar-refractivity contribution in [1.29, 1.82) is 5.26 Å². The SMILES string of the molecule is N#CC1CCCN(C(=O)c2cc(C(F)(F)F)ccc2F)C1. The Morgan fingerprint density at radius 3 is 2.71 bits per heavy atom. The van der Waals surface area contributed by atoms with Gasteiger partial charge in [-0.2, -0.15) is 18.4 Å². The molecule has 1 atom stereocenters. The summed E-state index contributed by atoms with van der Waals surface area (Å²) in [5, 5.41) is 8.86. The van der Waals surface area contributed by atoms with Crippen LogP contribution in [-0.4, -0.2) is 23.9 Å².